The van der Waals surface area contributed by atoms with Crippen LogP contribution in [0.1, 0.15) is 67.9 Å². The Balaban J connectivity index is 1.35. The normalized spacial score (nSPS) is 24.9. The predicted molar refractivity (Wildman–Crippen MR) is 122 cm³/mol. The molecule has 0 amide bonds. The zero-order chi connectivity index (χ0) is 21.4. The topological polar surface area (TPSA) is 91.2 Å². The van der Waals surface area contributed by atoms with Crippen molar-refractivity contribution in [1.29, 1.82) is 0 Å². The maximum Gasteiger partial charge on any atom is 0.308 e. The summed E-state index contributed by atoms with van der Waals surface area (Å²) in [5, 5.41) is 14.0. The molecule has 0 unspecified atom stereocenters. The average Bonchev–Trinajstić information content (AvgIpc) is 3.53. The van der Waals surface area contributed by atoms with E-state index in [2.05, 4.69) is 20.2 Å². The van der Waals surface area contributed by atoms with E-state index in [1.807, 2.05) is 19.2 Å². The Labute approximate surface area is 187 Å². The highest BCUT2D eigenvalue weighted by Crippen LogP contribution is 2.44. The summed E-state index contributed by atoms with van der Waals surface area (Å²) in [6.07, 6.45) is 11.6. The van der Waals surface area contributed by atoms with Gasteiger partial charge >= 0.3 is 5.97 Å². The summed E-state index contributed by atoms with van der Waals surface area (Å²) in [5.41, 5.74) is 0.873. The van der Waals surface area contributed by atoms with Crippen molar-refractivity contribution in [2.45, 2.75) is 64.2 Å². The summed E-state index contributed by atoms with van der Waals surface area (Å²) in [7, 11) is 0. The Morgan fingerprint density at radius 3 is 2.68 bits per heavy atom. The largest absolute Gasteiger partial charge is 0.481 e. The number of thiazole rings is 1. The van der Waals surface area contributed by atoms with Crippen LogP contribution in [-0.4, -0.2) is 39.1 Å². The van der Waals surface area contributed by atoms with Crippen molar-refractivity contribution in [2.75, 3.05) is 23.3 Å². The van der Waals surface area contributed by atoms with Gasteiger partial charge < -0.3 is 15.3 Å². The van der Waals surface area contributed by atoms with Crippen LogP contribution in [-0.2, 0) is 4.79 Å². The fourth-order valence-corrected chi connectivity index (χ4v) is 6.19. The van der Waals surface area contributed by atoms with Crippen LogP contribution in [0.2, 0.25) is 0 Å². The van der Waals surface area contributed by atoms with Gasteiger partial charge in [-0.3, -0.25) is 4.79 Å². The number of carboxylic acids is 1. The van der Waals surface area contributed by atoms with E-state index in [0.717, 1.165) is 29.6 Å². The monoisotopic (exact) mass is 441 g/mol. The van der Waals surface area contributed by atoms with Crippen molar-refractivity contribution < 1.29 is 9.90 Å². The van der Waals surface area contributed by atoms with Crippen LogP contribution in [0.15, 0.2) is 12.3 Å². The molecular formula is C23H31N5O2S. The lowest BCUT2D eigenvalue weighted by Gasteiger charge is -2.41. The van der Waals surface area contributed by atoms with Crippen molar-refractivity contribution >= 4 is 34.2 Å². The van der Waals surface area contributed by atoms with Gasteiger partial charge in [0.2, 0.25) is 5.95 Å². The first-order chi connectivity index (χ1) is 15.0. The summed E-state index contributed by atoms with van der Waals surface area (Å²) in [4.78, 5) is 29.3. The number of carboxylic acid groups (broad SMARTS) is 1. The first-order valence-corrected chi connectivity index (χ1v) is 12.4. The summed E-state index contributed by atoms with van der Waals surface area (Å²) in [6.45, 7) is 3.29. The van der Waals surface area contributed by atoms with Gasteiger partial charge in [0.05, 0.1) is 5.92 Å². The van der Waals surface area contributed by atoms with Crippen LogP contribution in [0.25, 0.3) is 0 Å². The molecule has 3 aliphatic rings. The minimum absolute atomic E-state index is 0.360. The predicted octanol–water partition coefficient (Wildman–Crippen LogP) is 4.97. The second kappa shape index (κ2) is 8.73. The first-order valence-electron chi connectivity index (χ1n) is 11.6. The van der Waals surface area contributed by atoms with Crippen LogP contribution < -0.4 is 10.2 Å². The van der Waals surface area contributed by atoms with Gasteiger partial charge in [0, 0.05) is 35.9 Å². The molecule has 0 spiro atoms. The molecule has 31 heavy (non-hydrogen) atoms. The van der Waals surface area contributed by atoms with Gasteiger partial charge in [-0.2, -0.15) is 4.98 Å². The van der Waals surface area contributed by atoms with Crippen LogP contribution >= 0.6 is 11.3 Å². The molecule has 5 rings (SSSR count). The average molecular weight is 442 g/mol. The van der Waals surface area contributed by atoms with Gasteiger partial charge in [0.15, 0.2) is 5.13 Å². The number of nitrogens with one attached hydrogen (secondary N) is 1. The van der Waals surface area contributed by atoms with E-state index in [1.54, 1.807) is 11.3 Å². The Hall–Kier alpha value is -2.22. The summed E-state index contributed by atoms with van der Waals surface area (Å²) >= 11 is 1.70. The third-order valence-electron chi connectivity index (χ3n) is 7.01. The fraction of sp³-hybridized carbons (Fsp3) is 0.652. The minimum atomic E-state index is -0.702. The molecule has 0 bridgehead atoms. The maximum atomic E-state index is 11.9. The Bertz CT molecular complexity index is 938. The molecular weight excluding hydrogens is 410 g/mol. The molecule has 1 saturated heterocycles. The van der Waals surface area contributed by atoms with E-state index < -0.39 is 5.97 Å². The number of aromatic nitrogens is 3. The molecule has 2 aliphatic carbocycles. The van der Waals surface area contributed by atoms with Gasteiger partial charge in [-0.25, -0.2) is 9.97 Å². The number of aliphatic carboxylic acids is 1. The first kappa shape index (κ1) is 20.7. The number of anilines is 3. The third-order valence-corrected chi connectivity index (χ3v) is 8.09. The molecule has 8 heteroatoms. The van der Waals surface area contributed by atoms with Crippen molar-refractivity contribution in [3.8, 4) is 0 Å². The van der Waals surface area contributed by atoms with Gasteiger partial charge in [-0.15, -0.1) is 11.3 Å². The third kappa shape index (κ3) is 4.84. The van der Waals surface area contributed by atoms with Gasteiger partial charge in [-0.1, -0.05) is 32.1 Å². The van der Waals surface area contributed by atoms with E-state index in [9.17, 15) is 9.90 Å². The van der Waals surface area contributed by atoms with Crippen LogP contribution in [0.5, 0.6) is 0 Å². The van der Waals surface area contributed by atoms with Gasteiger partial charge in [0.25, 0.3) is 0 Å². The molecule has 2 atom stereocenters. The molecule has 2 aromatic rings. The van der Waals surface area contributed by atoms with Gasteiger partial charge in [-0.05, 0) is 43.9 Å². The Kier molecular flexibility index (Phi) is 5.82. The lowest BCUT2D eigenvalue weighted by atomic mass is 9.74. The van der Waals surface area contributed by atoms with Crippen LogP contribution in [0, 0.1) is 24.7 Å². The van der Waals surface area contributed by atoms with E-state index in [0.29, 0.717) is 30.2 Å². The molecule has 166 valence electrons. The number of piperidine rings is 1. The molecule has 2 saturated carbocycles. The molecule has 3 heterocycles. The highest BCUT2D eigenvalue weighted by Gasteiger charge is 2.37. The van der Waals surface area contributed by atoms with Crippen molar-refractivity contribution in [1.82, 2.24) is 15.0 Å². The molecule has 0 aromatic carbocycles. The molecule has 1 aliphatic heterocycles. The Morgan fingerprint density at radius 1 is 1.13 bits per heavy atom. The second-order valence-electron chi connectivity index (χ2n) is 9.50. The lowest BCUT2D eigenvalue weighted by molar-refractivity contribution is -0.142. The quantitative estimate of drug-likeness (QED) is 0.654. The van der Waals surface area contributed by atoms with Crippen molar-refractivity contribution in [3.05, 3.63) is 22.8 Å². The maximum absolute atomic E-state index is 11.9. The fourth-order valence-electron chi connectivity index (χ4n) is 5.20. The minimum Gasteiger partial charge on any atom is -0.481 e. The van der Waals surface area contributed by atoms with Crippen molar-refractivity contribution in [3.63, 3.8) is 0 Å². The zero-order valence-corrected chi connectivity index (χ0v) is 18.9. The highest BCUT2D eigenvalue weighted by molar-refractivity contribution is 7.15. The number of hydrogen-bond donors (Lipinski definition) is 2. The van der Waals surface area contributed by atoms with Crippen LogP contribution in [0.4, 0.5) is 16.9 Å². The van der Waals surface area contributed by atoms with E-state index in [1.165, 1.54) is 49.8 Å². The van der Waals surface area contributed by atoms with Crippen LogP contribution in [0.3, 0.4) is 0 Å². The number of nitrogens with zero attached hydrogens (tertiary/aromatic N) is 4. The Morgan fingerprint density at radius 2 is 1.94 bits per heavy atom. The van der Waals surface area contributed by atoms with E-state index in [4.69, 9.17) is 4.98 Å². The summed E-state index contributed by atoms with van der Waals surface area (Å²) < 4.78 is 0. The summed E-state index contributed by atoms with van der Waals surface area (Å²) in [5.74, 6) is 2.01. The lowest BCUT2D eigenvalue weighted by Crippen LogP contribution is -2.46. The zero-order valence-electron chi connectivity index (χ0n) is 18.1. The van der Waals surface area contributed by atoms with E-state index in [-0.39, 0.29) is 5.92 Å². The SMILES string of the molecule is Cc1cc(Nc2ncc(C3CC3)s2)nc(N2C[C@@H](C(=O)O)C[C@@H](C3CCCCC3)C2)n1. The second-order valence-corrected chi connectivity index (χ2v) is 10.6. The smallest absolute Gasteiger partial charge is 0.308 e. The molecule has 2 aromatic heterocycles. The number of aryl methyl sites for hydroxylation is 1. The molecule has 2 N–H and O–H groups in total. The standard InChI is InChI=1S/C23H31N5O2S/c1-14-9-20(27-23-24-11-19(31-23)16-7-8-16)26-22(25-14)28-12-17(10-18(13-28)21(29)30)15-5-3-2-4-6-15/h9,11,15-18H,2-8,10,12-13H2,1H3,(H,29,30)(H,24,25,26,27)/t17-,18+/m1/s1. The summed E-state index contributed by atoms with van der Waals surface area (Å²) in [6, 6.07) is 1.93. The molecule has 7 nitrogen and oxygen atoms in total. The molecule has 0 radical (unpaired) electrons. The van der Waals surface area contributed by atoms with Crippen molar-refractivity contribution in [2.24, 2.45) is 17.8 Å². The van der Waals surface area contributed by atoms with Gasteiger partial charge in [0.1, 0.15) is 5.82 Å². The number of rotatable bonds is 6. The molecule has 3 fully saturated rings. The van der Waals surface area contributed by atoms with E-state index >= 15 is 0 Å². The number of carbonyl (C=O) groups is 1. The number of hydrogen-bond acceptors (Lipinski definition) is 7. The highest BCUT2D eigenvalue weighted by atomic mass is 32.1.